The van der Waals surface area contributed by atoms with E-state index in [1.54, 1.807) is 0 Å². The van der Waals surface area contributed by atoms with Crippen molar-refractivity contribution in [1.82, 2.24) is 5.32 Å². The molecule has 2 unspecified atom stereocenters. The summed E-state index contributed by atoms with van der Waals surface area (Å²) in [5.74, 6) is 1.01. The molecule has 0 aromatic heterocycles. The van der Waals surface area contributed by atoms with Crippen molar-refractivity contribution in [2.45, 2.75) is 32.9 Å². The Balaban J connectivity index is 1.90. The molecule has 2 atom stereocenters. The van der Waals surface area contributed by atoms with Crippen molar-refractivity contribution >= 4 is 0 Å². The molecule has 2 N–H and O–H groups in total. The van der Waals surface area contributed by atoms with Crippen molar-refractivity contribution in [3.05, 3.63) is 29.3 Å². The molecular formula is C14H21NO2. The second-order valence-corrected chi connectivity index (χ2v) is 4.88. The predicted octanol–water partition coefficient (Wildman–Crippen LogP) is 2.22. The maximum absolute atomic E-state index is 9.91. The highest BCUT2D eigenvalue weighted by molar-refractivity contribution is 5.39. The largest absolute Gasteiger partial charge is 0.507 e. The van der Waals surface area contributed by atoms with Crippen LogP contribution in [-0.2, 0) is 11.3 Å². The van der Waals surface area contributed by atoms with Gasteiger partial charge in [-0.25, -0.2) is 0 Å². The average Bonchev–Trinajstić information content (AvgIpc) is 2.84. The molecule has 3 heteroatoms. The predicted molar refractivity (Wildman–Crippen MR) is 68.1 cm³/mol. The molecule has 0 amide bonds. The van der Waals surface area contributed by atoms with Crippen LogP contribution in [0.2, 0.25) is 0 Å². The standard InChI is InChI=1S/C14H21NO2/c1-10-4-3-5-12(14(10)16)8-15-11(2)13-6-7-17-9-13/h3-5,11,13,15-16H,6-9H2,1-2H3. The summed E-state index contributed by atoms with van der Waals surface area (Å²) in [5, 5.41) is 13.4. The lowest BCUT2D eigenvalue weighted by Gasteiger charge is -2.19. The number of phenolic OH excluding ortho intramolecular Hbond substituents is 1. The van der Waals surface area contributed by atoms with Crippen molar-refractivity contribution in [3.63, 3.8) is 0 Å². The zero-order valence-electron chi connectivity index (χ0n) is 10.6. The fourth-order valence-electron chi connectivity index (χ4n) is 2.25. The van der Waals surface area contributed by atoms with Crippen LogP contribution in [-0.4, -0.2) is 24.4 Å². The highest BCUT2D eigenvalue weighted by Crippen LogP contribution is 2.22. The Kier molecular flexibility index (Phi) is 4.02. The van der Waals surface area contributed by atoms with Gasteiger partial charge in [-0.2, -0.15) is 0 Å². The third-order valence-corrected chi connectivity index (χ3v) is 3.61. The molecule has 1 aromatic rings. The van der Waals surface area contributed by atoms with Crippen LogP contribution in [0.1, 0.15) is 24.5 Å². The fourth-order valence-corrected chi connectivity index (χ4v) is 2.25. The Bertz CT molecular complexity index is 372. The van der Waals surface area contributed by atoms with Gasteiger partial charge in [0.2, 0.25) is 0 Å². The first-order chi connectivity index (χ1) is 8.18. The summed E-state index contributed by atoms with van der Waals surface area (Å²) in [6, 6.07) is 6.30. The molecule has 0 radical (unpaired) electrons. The Morgan fingerprint density at radius 2 is 2.35 bits per heavy atom. The number of para-hydroxylation sites is 1. The summed E-state index contributed by atoms with van der Waals surface area (Å²) < 4.78 is 5.38. The topological polar surface area (TPSA) is 41.5 Å². The van der Waals surface area contributed by atoms with Gasteiger partial charge in [0.1, 0.15) is 5.75 Å². The maximum atomic E-state index is 9.91. The zero-order chi connectivity index (χ0) is 12.3. The van der Waals surface area contributed by atoms with Crippen molar-refractivity contribution in [2.75, 3.05) is 13.2 Å². The van der Waals surface area contributed by atoms with Gasteiger partial charge in [0.25, 0.3) is 0 Å². The first kappa shape index (κ1) is 12.4. The van der Waals surface area contributed by atoms with E-state index in [9.17, 15) is 5.11 Å². The van der Waals surface area contributed by atoms with Gasteiger partial charge >= 0.3 is 0 Å². The number of aryl methyl sites for hydroxylation is 1. The van der Waals surface area contributed by atoms with Crippen LogP contribution in [0.15, 0.2) is 18.2 Å². The molecule has 1 heterocycles. The Labute approximate surface area is 103 Å². The first-order valence-corrected chi connectivity index (χ1v) is 6.27. The summed E-state index contributed by atoms with van der Waals surface area (Å²) in [6.45, 7) is 6.56. The third kappa shape index (κ3) is 2.99. The molecular weight excluding hydrogens is 214 g/mol. The Morgan fingerprint density at radius 1 is 1.53 bits per heavy atom. The zero-order valence-corrected chi connectivity index (χ0v) is 10.6. The molecule has 0 aliphatic carbocycles. The highest BCUT2D eigenvalue weighted by atomic mass is 16.5. The van der Waals surface area contributed by atoms with Gasteiger partial charge in [0, 0.05) is 24.8 Å². The summed E-state index contributed by atoms with van der Waals surface area (Å²) in [5.41, 5.74) is 1.90. The molecule has 2 rings (SSSR count). The van der Waals surface area contributed by atoms with Crippen LogP contribution in [0, 0.1) is 12.8 Å². The number of benzene rings is 1. The molecule has 1 aliphatic rings. The molecule has 1 aliphatic heterocycles. The molecule has 0 spiro atoms. The van der Waals surface area contributed by atoms with E-state index in [-0.39, 0.29) is 0 Å². The summed E-state index contributed by atoms with van der Waals surface area (Å²) in [6.07, 6.45) is 1.13. The van der Waals surface area contributed by atoms with Crippen LogP contribution >= 0.6 is 0 Å². The van der Waals surface area contributed by atoms with Gasteiger partial charge in [-0.1, -0.05) is 18.2 Å². The number of ether oxygens (including phenoxy) is 1. The Hall–Kier alpha value is -1.06. The van der Waals surface area contributed by atoms with Gasteiger partial charge in [0.05, 0.1) is 6.61 Å². The van der Waals surface area contributed by atoms with E-state index >= 15 is 0 Å². The second-order valence-electron chi connectivity index (χ2n) is 4.88. The molecule has 94 valence electrons. The summed E-state index contributed by atoms with van der Waals surface area (Å²) in [7, 11) is 0. The number of hydrogen-bond donors (Lipinski definition) is 2. The lowest BCUT2D eigenvalue weighted by molar-refractivity contribution is 0.178. The lowest BCUT2D eigenvalue weighted by atomic mass is 10.0. The van der Waals surface area contributed by atoms with E-state index < -0.39 is 0 Å². The minimum Gasteiger partial charge on any atom is -0.507 e. The van der Waals surface area contributed by atoms with Gasteiger partial charge in [-0.05, 0) is 31.7 Å². The average molecular weight is 235 g/mol. The van der Waals surface area contributed by atoms with Crippen LogP contribution < -0.4 is 5.32 Å². The van der Waals surface area contributed by atoms with E-state index in [0.29, 0.717) is 24.3 Å². The molecule has 0 bridgehead atoms. The van der Waals surface area contributed by atoms with Gasteiger partial charge in [-0.3, -0.25) is 0 Å². The fraction of sp³-hybridized carbons (Fsp3) is 0.571. The monoisotopic (exact) mass is 235 g/mol. The first-order valence-electron chi connectivity index (χ1n) is 6.27. The number of hydrogen-bond acceptors (Lipinski definition) is 3. The minimum atomic E-state index is 0.412. The number of aromatic hydroxyl groups is 1. The van der Waals surface area contributed by atoms with Gasteiger partial charge < -0.3 is 15.2 Å². The summed E-state index contributed by atoms with van der Waals surface area (Å²) in [4.78, 5) is 0. The normalized spacial score (nSPS) is 21.6. The maximum Gasteiger partial charge on any atom is 0.122 e. The highest BCUT2D eigenvalue weighted by Gasteiger charge is 2.21. The number of phenols is 1. The minimum absolute atomic E-state index is 0.412. The van der Waals surface area contributed by atoms with Gasteiger partial charge in [0.15, 0.2) is 0 Å². The van der Waals surface area contributed by atoms with E-state index in [4.69, 9.17) is 4.74 Å². The quantitative estimate of drug-likeness (QED) is 0.840. The van der Waals surface area contributed by atoms with E-state index in [1.807, 2.05) is 25.1 Å². The molecule has 17 heavy (non-hydrogen) atoms. The van der Waals surface area contributed by atoms with Crippen LogP contribution in [0.4, 0.5) is 0 Å². The summed E-state index contributed by atoms with van der Waals surface area (Å²) >= 11 is 0. The Morgan fingerprint density at radius 3 is 3.06 bits per heavy atom. The van der Waals surface area contributed by atoms with Gasteiger partial charge in [-0.15, -0.1) is 0 Å². The number of rotatable bonds is 4. The number of nitrogens with one attached hydrogen (secondary N) is 1. The second kappa shape index (κ2) is 5.52. The van der Waals surface area contributed by atoms with Crippen LogP contribution in [0.5, 0.6) is 5.75 Å². The van der Waals surface area contributed by atoms with E-state index in [2.05, 4.69) is 12.2 Å². The molecule has 0 saturated carbocycles. The smallest absolute Gasteiger partial charge is 0.122 e. The van der Waals surface area contributed by atoms with E-state index in [1.165, 1.54) is 0 Å². The van der Waals surface area contributed by atoms with Crippen molar-refractivity contribution in [1.29, 1.82) is 0 Å². The lowest BCUT2D eigenvalue weighted by Crippen LogP contribution is -2.33. The van der Waals surface area contributed by atoms with Crippen molar-refractivity contribution in [2.24, 2.45) is 5.92 Å². The molecule has 1 fully saturated rings. The molecule has 1 saturated heterocycles. The van der Waals surface area contributed by atoms with Crippen LogP contribution in [0.3, 0.4) is 0 Å². The van der Waals surface area contributed by atoms with Crippen molar-refractivity contribution in [3.8, 4) is 5.75 Å². The SMILES string of the molecule is Cc1cccc(CNC(C)C2CCOC2)c1O. The molecule has 3 nitrogen and oxygen atoms in total. The molecule has 1 aromatic carbocycles. The van der Waals surface area contributed by atoms with Crippen LogP contribution in [0.25, 0.3) is 0 Å². The van der Waals surface area contributed by atoms with Crippen molar-refractivity contribution < 1.29 is 9.84 Å². The third-order valence-electron chi connectivity index (χ3n) is 3.61. The van der Waals surface area contributed by atoms with E-state index in [0.717, 1.165) is 30.8 Å².